The third-order valence-corrected chi connectivity index (χ3v) is 3.90. The van der Waals surface area contributed by atoms with Crippen LogP contribution in [0.5, 0.6) is 11.5 Å². The molecule has 6 nitrogen and oxygen atoms in total. The molecule has 0 aliphatic rings. The molecule has 0 bridgehead atoms. The Hall–Kier alpha value is -3.43. The highest BCUT2D eigenvalue weighted by molar-refractivity contribution is 5.69. The summed E-state index contributed by atoms with van der Waals surface area (Å²) in [6, 6.07) is 9.81. The van der Waals surface area contributed by atoms with E-state index in [0.717, 1.165) is 0 Å². The Balaban J connectivity index is 1.64. The van der Waals surface area contributed by atoms with E-state index in [9.17, 15) is 17.6 Å². The van der Waals surface area contributed by atoms with Gasteiger partial charge in [-0.3, -0.25) is 4.68 Å². The average molecular weight is 410 g/mol. The molecule has 29 heavy (non-hydrogen) atoms. The number of benzene rings is 2. The lowest BCUT2D eigenvalue weighted by Gasteiger charge is -2.13. The van der Waals surface area contributed by atoms with Crippen molar-refractivity contribution in [3.8, 4) is 11.5 Å². The first kappa shape index (κ1) is 20.3. The lowest BCUT2D eigenvalue weighted by Crippen LogP contribution is -2.17. The first-order valence-electron chi connectivity index (χ1n) is 8.48. The quantitative estimate of drug-likeness (QED) is 0.450. The number of hydrogen-bond acceptors (Lipinski definition) is 5. The number of aryl methyl sites for hydroxylation is 1. The van der Waals surface area contributed by atoms with Crippen molar-refractivity contribution in [3.05, 3.63) is 65.7 Å². The number of nitrogens with one attached hydrogen (secondary N) is 1. The van der Waals surface area contributed by atoms with Crippen LogP contribution in [0.2, 0.25) is 0 Å². The Morgan fingerprint density at radius 2 is 1.83 bits per heavy atom. The van der Waals surface area contributed by atoms with Crippen LogP contribution in [0.1, 0.15) is 11.3 Å². The summed E-state index contributed by atoms with van der Waals surface area (Å²) in [7, 11) is 1.77. The highest BCUT2D eigenvalue weighted by atomic mass is 19.4. The van der Waals surface area contributed by atoms with E-state index in [4.69, 9.17) is 10.5 Å². The molecule has 1 aromatic heterocycles. The van der Waals surface area contributed by atoms with Gasteiger partial charge in [-0.1, -0.05) is 12.1 Å². The summed E-state index contributed by atoms with van der Waals surface area (Å²) in [4.78, 5) is 0. The van der Waals surface area contributed by atoms with Gasteiger partial charge in [-0.25, -0.2) is 4.39 Å². The lowest BCUT2D eigenvalue weighted by atomic mass is 10.2. The van der Waals surface area contributed by atoms with Crippen LogP contribution in [-0.2, 0) is 20.2 Å². The first-order valence-corrected chi connectivity index (χ1v) is 8.48. The maximum Gasteiger partial charge on any atom is 0.573 e. The second kappa shape index (κ2) is 8.29. The Kier molecular flexibility index (Phi) is 5.81. The molecular formula is C19H18F4N4O2. The number of aromatic nitrogens is 2. The zero-order valence-electron chi connectivity index (χ0n) is 15.3. The molecule has 154 valence electrons. The Labute approximate surface area is 163 Å². The zero-order valence-corrected chi connectivity index (χ0v) is 15.3. The van der Waals surface area contributed by atoms with E-state index in [2.05, 4.69) is 15.2 Å². The normalized spacial score (nSPS) is 11.3. The molecule has 0 fully saturated rings. The summed E-state index contributed by atoms with van der Waals surface area (Å²) in [6.45, 7) is 0.365. The van der Waals surface area contributed by atoms with Crippen LogP contribution in [0, 0.1) is 5.82 Å². The molecule has 0 saturated heterocycles. The fourth-order valence-electron chi connectivity index (χ4n) is 2.53. The molecule has 10 heteroatoms. The maximum absolute atomic E-state index is 14.1. The lowest BCUT2D eigenvalue weighted by molar-refractivity contribution is -0.274. The van der Waals surface area contributed by atoms with Gasteiger partial charge >= 0.3 is 6.36 Å². The molecule has 0 saturated carbocycles. The van der Waals surface area contributed by atoms with Gasteiger partial charge in [0.15, 0.2) is 5.82 Å². The molecule has 2 aromatic carbocycles. The van der Waals surface area contributed by atoms with Crippen molar-refractivity contribution in [3.63, 3.8) is 0 Å². The monoisotopic (exact) mass is 410 g/mol. The largest absolute Gasteiger partial charge is 0.573 e. The second-order valence-corrected chi connectivity index (χ2v) is 6.18. The topological polar surface area (TPSA) is 74.3 Å². The number of nitrogens with zero attached hydrogens (tertiary/aromatic N) is 2. The van der Waals surface area contributed by atoms with Crippen molar-refractivity contribution in [2.45, 2.75) is 19.5 Å². The Morgan fingerprint density at radius 1 is 1.10 bits per heavy atom. The van der Waals surface area contributed by atoms with E-state index in [0.29, 0.717) is 16.9 Å². The van der Waals surface area contributed by atoms with E-state index < -0.39 is 12.2 Å². The van der Waals surface area contributed by atoms with Gasteiger partial charge in [-0.05, 0) is 23.8 Å². The molecule has 0 amide bonds. The van der Waals surface area contributed by atoms with Gasteiger partial charge in [0.1, 0.15) is 18.1 Å². The van der Waals surface area contributed by atoms with Crippen LogP contribution < -0.4 is 20.5 Å². The zero-order chi connectivity index (χ0) is 21.0. The van der Waals surface area contributed by atoms with E-state index in [1.165, 1.54) is 30.3 Å². The smallest absolute Gasteiger partial charge is 0.487 e. The summed E-state index contributed by atoms with van der Waals surface area (Å²) in [5.74, 6) is -0.713. The number of halogens is 4. The number of anilines is 2. The van der Waals surface area contributed by atoms with Gasteiger partial charge in [0, 0.05) is 31.9 Å². The Morgan fingerprint density at radius 3 is 2.45 bits per heavy atom. The van der Waals surface area contributed by atoms with Crippen LogP contribution in [0.3, 0.4) is 0 Å². The average Bonchev–Trinajstić information content (AvgIpc) is 3.07. The summed E-state index contributed by atoms with van der Waals surface area (Å²) in [5, 5.41) is 7.12. The van der Waals surface area contributed by atoms with Gasteiger partial charge in [-0.15, -0.1) is 13.2 Å². The number of rotatable bonds is 7. The van der Waals surface area contributed by atoms with Crippen molar-refractivity contribution in [2.24, 2.45) is 7.05 Å². The van der Waals surface area contributed by atoms with E-state index in [1.807, 2.05) is 0 Å². The number of nitrogen functional groups attached to an aromatic ring is 1. The summed E-state index contributed by atoms with van der Waals surface area (Å²) >= 11 is 0. The molecule has 0 atom stereocenters. The number of hydrogen-bond donors (Lipinski definition) is 2. The summed E-state index contributed by atoms with van der Waals surface area (Å²) < 4.78 is 61.7. The molecule has 0 aliphatic heterocycles. The summed E-state index contributed by atoms with van der Waals surface area (Å²) in [6.07, 6.45) is -2.98. The van der Waals surface area contributed by atoms with Gasteiger partial charge < -0.3 is 20.5 Å². The third-order valence-electron chi connectivity index (χ3n) is 3.90. The molecule has 1 heterocycles. The van der Waals surface area contributed by atoms with Gasteiger partial charge in [-0.2, -0.15) is 5.10 Å². The SMILES string of the molecule is Cn1ccc(COc2cc(F)c(N)c(NCc3ccc(OC(F)(F)F)cc3)c2)n1. The highest BCUT2D eigenvalue weighted by Crippen LogP contribution is 2.29. The molecule has 0 spiro atoms. The maximum atomic E-state index is 14.1. The van der Waals surface area contributed by atoms with Crippen molar-refractivity contribution < 1.29 is 27.0 Å². The van der Waals surface area contributed by atoms with Crippen molar-refractivity contribution in [1.82, 2.24) is 9.78 Å². The predicted molar refractivity (Wildman–Crippen MR) is 98.8 cm³/mol. The van der Waals surface area contributed by atoms with E-state index >= 15 is 0 Å². The van der Waals surface area contributed by atoms with Crippen LogP contribution >= 0.6 is 0 Å². The fourth-order valence-corrected chi connectivity index (χ4v) is 2.53. The molecule has 3 N–H and O–H groups in total. The van der Waals surface area contributed by atoms with Gasteiger partial charge in [0.05, 0.1) is 17.1 Å². The molecule has 3 aromatic rings. The Bertz CT molecular complexity index is 971. The van der Waals surface area contributed by atoms with Crippen molar-refractivity contribution in [1.29, 1.82) is 0 Å². The first-order chi connectivity index (χ1) is 13.7. The highest BCUT2D eigenvalue weighted by Gasteiger charge is 2.30. The molecule has 0 unspecified atom stereocenters. The molecular weight excluding hydrogens is 392 g/mol. The minimum atomic E-state index is -4.75. The standard InChI is InChI=1S/C19H18F4N4O2/c1-27-7-6-13(26-27)11-28-15-8-16(20)18(24)17(9-15)25-10-12-2-4-14(5-3-12)29-19(21,22)23/h2-9,25H,10-11,24H2,1H3. The summed E-state index contributed by atoms with van der Waals surface area (Å²) in [5.41, 5.74) is 7.31. The molecule has 0 radical (unpaired) electrons. The number of alkyl halides is 3. The fraction of sp³-hybridized carbons (Fsp3) is 0.211. The minimum absolute atomic E-state index is 0.0905. The number of nitrogens with two attached hydrogens (primary N) is 1. The van der Waals surface area contributed by atoms with Crippen molar-refractivity contribution >= 4 is 11.4 Å². The van der Waals surface area contributed by atoms with E-state index in [1.54, 1.807) is 30.1 Å². The number of ether oxygens (including phenoxy) is 2. The van der Waals surface area contributed by atoms with Crippen LogP contribution in [0.15, 0.2) is 48.7 Å². The minimum Gasteiger partial charge on any atom is -0.487 e. The van der Waals surface area contributed by atoms with Crippen LogP contribution in [-0.4, -0.2) is 16.1 Å². The van der Waals surface area contributed by atoms with Gasteiger partial charge in [0.25, 0.3) is 0 Å². The molecule has 3 rings (SSSR count). The van der Waals surface area contributed by atoms with E-state index in [-0.39, 0.29) is 30.3 Å². The second-order valence-electron chi connectivity index (χ2n) is 6.18. The molecule has 0 aliphatic carbocycles. The van der Waals surface area contributed by atoms with Gasteiger partial charge in [0.2, 0.25) is 0 Å². The third kappa shape index (κ3) is 5.77. The predicted octanol–water partition coefficient (Wildman–Crippen LogP) is 4.23. The van der Waals surface area contributed by atoms with Crippen LogP contribution in [0.4, 0.5) is 28.9 Å². The van der Waals surface area contributed by atoms with Crippen molar-refractivity contribution in [2.75, 3.05) is 11.1 Å². The van der Waals surface area contributed by atoms with Crippen LogP contribution in [0.25, 0.3) is 0 Å².